The molecule has 2 heteroatoms. The molecule has 17 heavy (non-hydrogen) atoms. The van der Waals surface area contributed by atoms with Gasteiger partial charge in [-0.2, -0.15) is 0 Å². The quantitative estimate of drug-likeness (QED) is 0.475. The summed E-state index contributed by atoms with van der Waals surface area (Å²) in [6.07, 6.45) is 12.2. The molecule has 0 aromatic heterocycles. The Kier molecular flexibility index (Phi) is 6.87. The molecule has 2 nitrogen and oxygen atoms in total. The molecule has 0 saturated carbocycles. The fourth-order valence-electron chi connectivity index (χ4n) is 2.18. The van der Waals surface area contributed by atoms with Gasteiger partial charge in [-0.3, -0.25) is 4.79 Å². The number of hydrogen-bond donors (Lipinski definition) is 0. The van der Waals surface area contributed by atoms with Crippen LogP contribution < -0.4 is 0 Å². The van der Waals surface area contributed by atoms with Gasteiger partial charge in [0, 0.05) is 20.1 Å². The molecule has 0 saturated heterocycles. The van der Waals surface area contributed by atoms with Gasteiger partial charge in [0.15, 0.2) is 0 Å². The predicted molar refractivity (Wildman–Crippen MR) is 71.0 cm³/mol. The first-order chi connectivity index (χ1) is 8.29. The summed E-state index contributed by atoms with van der Waals surface area (Å²) >= 11 is 0. The van der Waals surface area contributed by atoms with Crippen molar-refractivity contribution in [1.82, 2.24) is 0 Å². The minimum Gasteiger partial charge on any atom is -0.384 e. The van der Waals surface area contributed by atoms with E-state index in [4.69, 9.17) is 4.74 Å². The van der Waals surface area contributed by atoms with E-state index in [9.17, 15) is 4.79 Å². The van der Waals surface area contributed by atoms with Crippen molar-refractivity contribution in [1.29, 1.82) is 0 Å². The fraction of sp³-hybridized carbons (Fsp3) is 0.667. The van der Waals surface area contributed by atoms with E-state index in [0.717, 1.165) is 25.7 Å². The molecular weight excluding hydrogens is 212 g/mol. The average Bonchev–Trinajstić information content (AvgIpc) is 2.37. The van der Waals surface area contributed by atoms with Gasteiger partial charge in [-0.05, 0) is 19.3 Å². The SMILES string of the molecule is CCCCCC(=O)C1C=CCC=C1CCOC. The van der Waals surface area contributed by atoms with Crippen LogP contribution in [0.4, 0.5) is 0 Å². The summed E-state index contributed by atoms with van der Waals surface area (Å²) in [6, 6.07) is 0. The summed E-state index contributed by atoms with van der Waals surface area (Å²) in [5, 5.41) is 0. The normalized spacial score (nSPS) is 19.2. The van der Waals surface area contributed by atoms with Crippen LogP contribution in [0, 0.1) is 5.92 Å². The van der Waals surface area contributed by atoms with Crippen LogP contribution in [0.1, 0.15) is 45.4 Å². The lowest BCUT2D eigenvalue weighted by Gasteiger charge is -2.19. The zero-order valence-corrected chi connectivity index (χ0v) is 11.1. The number of allylic oxidation sites excluding steroid dienone is 3. The molecule has 0 heterocycles. The van der Waals surface area contributed by atoms with E-state index in [1.54, 1.807) is 7.11 Å². The Morgan fingerprint density at radius 3 is 3.00 bits per heavy atom. The van der Waals surface area contributed by atoms with Gasteiger partial charge in [0.2, 0.25) is 0 Å². The lowest BCUT2D eigenvalue weighted by molar-refractivity contribution is -0.120. The lowest BCUT2D eigenvalue weighted by Crippen LogP contribution is -2.17. The van der Waals surface area contributed by atoms with E-state index in [0.29, 0.717) is 18.8 Å². The molecule has 0 radical (unpaired) electrons. The van der Waals surface area contributed by atoms with Crippen LogP contribution >= 0.6 is 0 Å². The molecule has 1 atom stereocenters. The van der Waals surface area contributed by atoms with Gasteiger partial charge in [0.1, 0.15) is 5.78 Å². The molecule has 0 spiro atoms. The maximum atomic E-state index is 12.1. The van der Waals surface area contributed by atoms with Gasteiger partial charge in [-0.25, -0.2) is 0 Å². The van der Waals surface area contributed by atoms with E-state index in [1.165, 1.54) is 12.0 Å². The summed E-state index contributed by atoms with van der Waals surface area (Å²) in [7, 11) is 1.71. The third kappa shape index (κ3) is 4.86. The van der Waals surface area contributed by atoms with Crippen LogP contribution in [-0.4, -0.2) is 19.5 Å². The fourth-order valence-corrected chi connectivity index (χ4v) is 2.18. The van der Waals surface area contributed by atoms with Crippen LogP contribution in [0.5, 0.6) is 0 Å². The Labute approximate surface area is 105 Å². The van der Waals surface area contributed by atoms with Gasteiger partial charge in [0.25, 0.3) is 0 Å². The molecule has 1 aliphatic carbocycles. The molecule has 0 aliphatic heterocycles. The Morgan fingerprint density at radius 1 is 1.47 bits per heavy atom. The summed E-state index contributed by atoms with van der Waals surface area (Å²) in [5.41, 5.74) is 1.25. The van der Waals surface area contributed by atoms with Crippen molar-refractivity contribution in [3.8, 4) is 0 Å². The van der Waals surface area contributed by atoms with Crippen LogP contribution in [0.25, 0.3) is 0 Å². The monoisotopic (exact) mass is 236 g/mol. The van der Waals surface area contributed by atoms with Crippen LogP contribution in [-0.2, 0) is 9.53 Å². The predicted octanol–water partition coefficient (Wildman–Crippen LogP) is 3.67. The lowest BCUT2D eigenvalue weighted by atomic mass is 9.86. The molecule has 0 aromatic carbocycles. The highest BCUT2D eigenvalue weighted by molar-refractivity contribution is 5.85. The summed E-state index contributed by atoms with van der Waals surface area (Å²) in [4.78, 5) is 12.1. The first-order valence-corrected chi connectivity index (χ1v) is 6.66. The van der Waals surface area contributed by atoms with E-state index < -0.39 is 0 Å². The largest absolute Gasteiger partial charge is 0.384 e. The second-order valence-corrected chi connectivity index (χ2v) is 4.59. The highest BCUT2D eigenvalue weighted by Gasteiger charge is 2.20. The third-order valence-corrected chi connectivity index (χ3v) is 3.21. The van der Waals surface area contributed by atoms with Crippen LogP contribution in [0.3, 0.4) is 0 Å². The second kappa shape index (κ2) is 8.24. The van der Waals surface area contributed by atoms with Gasteiger partial charge < -0.3 is 4.74 Å². The Morgan fingerprint density at radius 2 is 2.29 bits per heavy atom. The smallest absolute Gasteiger partial charge is 0.143 e. The number of unbranched alkanes of at least 4 members (excludes halogenated alkanes) is 2. The van der Waals surface area contributed by atoms with Gasteiger partial charge in [-0.1, -0.05) is 43.6 Å². The molecule has 0 bridgehead atoms. The summed E-state index contributed by atoms with van der Waals surface area (Å²) in [5.74, 6) is 0.396. The number of carbonyl (C=O) groups excluding carboxylic acids is 1. The number of carbonyl (C=O) groups is 1. The Hall–Kier alpha value is -0.890. The van der Waals surface area contributed by atoms with Crippen molar-refractivity contribution >= 4 is 5.78 Å². The Bertz CT molecular complexity index is 289. The van der Waals surface area contributed by atoms with E-state index in [-0.39, 0.29) is 5.92 Å². The first-order valence-electron chi connectivity index (χ1n) is 6.66. The van der Waals surface area contributed by atoms with E-state index in [2.05, 4.69) is 25.2 Å². The number of methoxy groups -OCH3 is 1. The summed E-state index contributed by atoms with van der Waals surface area (Å²) in [6.45, 7) is 2.87. The van der Waals surface area contributed by atoms with Crippen LogP contribution in [0.15, 0.2) is 23.8 Å². The molecule has 1 unspecified atom stereocenters. The van der Waals surface area contributed by atoms with Crippen molar-refractivity contribution in [3.63, 3.8) is 0 Å². The highest BCUT2D eigenvalue weighted by atomic mass is 16.5. The Balaban J connectivity index is 2.47. The molecule has 96 valence electrons. The van der Waals surface area contributed by atoms with E-state index in [1.807, 2.05) is 0 Å². The maximum absolute atomic E-state index is 12.1. The van der Waals surface area contributed by atoms with Gasteiger partial charge >= 0.3 is 0 Å². The molecule has 0 fully saturated rings. The van der Waals surface area contributed by atoms with Gasteiger partial charge in [-0.15, -0.1) is 0 Å². The molecule has 0 amide bonds. The molecule has 0 N–H and O–H groups in total. The minimum absolute atomic E-state index is 0.0238. The molecule has 0 aromatic rings. The molecule has 1 aliphatic rings. The average molecular weight is 236 g/mol. The molecule has 1 rings (SSSR count). The van der Waals surface area contributed by atoms with Crippen LogP contribution in [0.2, 0.25) is 0 Å². The third-order valence-electron chi connectivity index (χ3n) is 3.21. The number of rotatable bonds is 8. The van der Waals surface area contributed by atoms with Crippen molar-refractivity contribution in [2.75, 3.05) is 13.7 Å². The first kappa shape index (κ1) is 14.2. The maximum Gasteiger partial charge on any atom is 0.143 e. The highest BCUT2D eigenvalue weighted by Crippen LogP contribution is 2.24. The van der Waals surface area contributed by atoms with E-state index >= 15 is 0 Å². The zero-order valence-electron chi connectivity index (χ0n) is 11.1. The number of Topliss-reactive ketones (excluding diaryl/α,β-unsaturated/α-hetero) is 1. The summed E-state index contributed by atoms with van der Waals surface area (Å²) < 4.78 is 5.09. The van der Waals surface area contributed by atoms with Crippen molar-refractivity contribution in [2.24, 2.45) is 5.92 Å². The van der Waals surface area contributed by atoms with Gasteiger partial charge in [0.05, 0.1) is 5.92 Å². The topological polar surface area (TPSA) is 26.3 Å². The number of ether oxygens (including phenoxy) is 1. The molecular formula is C15H24O2. The zero-order chi connectivity index (χ0) is 12.5. The minimum atomic E-state index is 0.0238. The van der Waals surface area contributed by atoms with Crippen molar-refractivity contribution in [2.45, 2.75) is 45.4 Å². The second-order valence-electron chi connectivity index (χ2n) is 4.59. The number of hydrogen-bond acceptors (Lipinski definition) is 2. The van der Waals surface area contributed by atoms with Crippen molar-refractivity contribution < 1.29 is 9.53 Å². The standard InChI is InChI=1S/C15H24O2/c1-3-4-5-10-15(16)14-9-7-6-8-13(14)11-12-17-2/h7-9,14H,3-6,10-12H2,1-2H3. The number of ketones is 1. The van der Waals surface area contributed by atoms with Crippen molar-refractivity contribution in [3.05, 3.63) is 23.8 Å².